The molecule has 1 rings (SSSR count). The minimum absolute atomic E-state index is 0.342. The fraction of sp³-hybridized carbons (Fsp3) is 0.562. The Morgan fingerprint density at radius 2 is 1.84 bits per heavy atom. The van der Waals surface area contributed by atoms with Crippen LogP contribution in [0.2, 0.25) is 0 Å². The molecule has 0 spiro atoms. The number of ether oxygens (including phenoxy) is 1. The Hall–Kier alpha value is -1.35. The maximum absolute atomic E-state index is 11.9. The maximum atomic E-state index is 11.9. The highest BCUT2D eigenvalue weighted by molar-refractivity contribution is 5.76. The average molecular weight is 263 g/mol. The van der Waals surface area contributed by atoms with E-state index in [9.17, 15) is 4.79 Å². The molecule has 1 aromatic carbocycles. The van der Waals surface area contributed by atoms with Gasteiger partial charge in [-0.1, -0.05) is 38.1 Å². The quantitative estimate of drug-likeness (QED) is 0.850. The predicted octanol–water partition coefficient (Wildman–Crippen LogP) is 3.02. The molecule has 0 aromatic heterocycles. The topological polar surface area (TPSA) is 52.3 Å². The largest absolute Gasteiger partial charge is 0.459 e. The Kier molecular flexibility index (Phi) is 5.12. The Balaban J connectivity index is 2.77. The number of rotatable bonds is 4. The van der Waals surface area contributed by atoms with E-state index in [1.54, 1.807) is 0 Å². The van der Waals surface area contributed by atoms with E-state index in [2.05, 4.69) is 19.9 Å². The van der Waals surface area contributed by atoms with E-state index in [0.29, 0.717) is 12.3 Å². The minimum atomic E-state index is -0.612. The van der Waals surface area contributed by atoms with Gasteiger partial charge in [0.1, 0.15) is 11.6 Å². The summed E-state index contributed by atoms with van der Waals surface area (Å²) in [5.74, 6) is 0.0769. The van der Waals surface area contributed by atoms with Crippen molar-refractivity contribution < 1.29 is 9.53 Å². The van der Waals surface area contributed by atoms with Gasteiger partial charge in [-0.15, -0.1) is 0 Å². The lowest BCUT2D eigenvalue weighted by atomic mass is 9.93. The van der Waals surface area contributed by atoms with E-state index in [0.717, 1.165) is 5.56 Å². The fourth-order valence-electron chi connectivity index (χ4n) is 1.98. The van der Waals surface area contributed by atoms with Gasteiger partial charge in [0.2, 0.25) is 0 Å². The predicted molar refractivity (Wildman–Crippen MR) is 78.1 cm³/mol. The molecule has 0 aliphatic carbocycles. The van der Waals surface area contributed by atoms with Crippen LogP contribution in [-0.4, -0.2) is 17.6 Å². The Bertz CT molecular complexity index is 433. The molecule has 1 atom stereocenters. The van der Waals surface area contributed by atoms with Crippen molar-refractivity contribution in [3.05, 3.63) is 35.4 Å². The van der Waals surface area contributed by atoms with E-state index >= 15 is 0 Å². The smallest absolute Gasteiger partial charge is 0.323 e. The van der Waals surface area contributed by atoms with Crippen molar-refractivity contribution in [2.45, 2.75) is 58.6 Å². The molecule has 0 aliphatic heterocycles. The van der Waals surface area contributed by atoms with Crippen molar-refractivity contribution in [2.24, 2.45) is 5.73 Å². The lowest BCUT2D eigenvalue weighted by molar-refractivity contribution is -0.156. The van der Waals surface area contributed by atoms with Crippen LogP contribution in [0.4, 0.5) is 0 Å². The van der Waals surface area contributed by atoms with Gasteiger partial charge >= 0.3 is 5.97 Å². The zero-order valence-corrected chi connectivity index (χ0v) is 12.6. The van der Waals surface area contributed by atoms with Crippen LogP contribution in [0.1, 0.15) is 51.7 Å². The number of hydrogen-bond acceptors (Lipinski definition) is 3. The SMILES string of the molecule is CC(C)c1ccccc1C[C@H](N)C(=O)OC(C)(C)C. The summed E-state index contributed by atoms with van der Waals surface area (Å²) in [6.45, 7) is 9.81. The maximum Gasteiger partial charge on any atom is 0.323 e. The second kappa shape index (κ2) is 6.20. The third kappa shape index (κ3) is 5.03. The monoisotopic (exact) mass is 263 g/mol. The molecule has 0 fully saturated rings. The number of esters is 1. The van der Waals surface area contributed by atoms with Crippen LogP contribution in [0.3, 0.4) is 0 Å². The number of carbonyl (C=O) groups is 1. The lowest BCUT2D eigenvalue weighted by Crippen LogP contribution is -2.39. The Morgan fingerprint density at radius 3 is 2.37 bits per heavy atom. The summed E-state index contributed by atoms with van der Waals surface area (Å²) in [4.78, 5) is 11.9. The van der Waals surface area contributed by atoms with Gasteiger partial charge in [-0.05, 0) is 44.2 Å². The van der Waals surface area contributed by atoms with Crippen molar-refractivity contribution in [3.63, 3.8) is 0 Å². The minimum Gasteiger partial charge on any atom is -0.459 e. The second-order valence-electron chi connectivity index (χ2n) is 6.20. The van der Waals surface area contributed by atoms with E-state index in [1.807, 2.05) is 39.0 Å². The van der Waals surface area contributed by atoms with Crippen molar-refractivity contribution in [3.8, 4) is 0 Å². The third-order valence-electron chi connectivity index (χ3n) is 2.83. The van der Waals surface area contributed by atoms with Crippen LogP contribution in [0.15, 0.2) is 24.3 Å². The molecule has 19 heavy (non-hydrogen) atoms. The highest BCUT2D eigenvalue weighted by atomic mass is 16.6. The lowest BCUT2D eigenvalue weighted by Gasteiger charge is -2.23. The molecule has 0 amide bonds. The zero-order valence-electron chi connectivity index (χ0n) is 12.6. The Labute approximate surface area is 116 Å². The van der Waals surface area contributed by atoms with Crippen molar-refractivity contribution in [1.82, 2.24) is 0 Å². The molecule has 2 N–H and O–H groups in total. The van der Waals surface area contributed by atoms with Crippen molar-refractivity contribution in [1.29, 1.82) is 0 Å². The first kappa shape index (κ1) is 15.7. The molecule has 106 valence electrons. The number of carbonyl (C=O) groups excluding carboxylic acids is 1. The molecule has 0 aliphatic rings. The molecule has 0 radical (unpaired) electrons. The first-order valence-corrected chi connectivity index (χ1v) is 6.77. The molecule has 3 nitrogen and oxygen atoms in total. The summed E-state index contributed by atoms with van der Waals surface area (Å²) in [5.41, 5.74) is 7.82. The zero-order chi connectivity index (χ0) is 14.6. The van der Waals surface area contributed by atoms with Gasteiger partial charge in [0, 0.05) is 0 Å². The molecule has 0 bridgehead atoms. The van der Waals surface area contributed by atoms with Crippen LogP contribution >= 0.6 is 0 Å². The number of hydrogen-bond donors (Lipinski definition) is 1. The standard InChI is InChI=1S/C16H25NO2/c1-11(2)13-9-7-6-8-12(13)10-14(17)15(18)19-16(3,4)5/h6-9,11,14H,10,17H2,1-5H3/t14-/m0/s1. The van der Waals surface area contributed by atoms with Crippen LogP contribution in [0.5, 0.6) is 0 Å². The molecule has 0 heterocycles. The molecule has 0 saturated heterocycles. The van der Waals surface area contributed by atoms with Crippen LogP contribution in [-0.2, 0) is 16.0 Å². The van der Waals surface area contributed by atoms with E-state index in [-0.39, 0.29) is 5.97 Å². The fourth-order valence-corrected chi connectivity index (χ4v) is 1.98. The van der Waals surface area contributed by atoms with Crippen LogP contribution in [0.25, 0.3) is 0 Å². The van der Waals surface area contributed by atoms with E-state index < -0.39 is 11.6 Å². The van der Waals surface area contributed by atoms with Gasteiger partial charge < -0.3 is 10.5 Å². The van der Waals surface area contributed by atoms with E-state index in [4.69, 9.17) is 10.5 Å². The normalized spacial score (nSPS) is 13.4. The summed E-state index contributed by atoms with van der Waals surface area (Å²) in [5, 5.41) is 0. The molecular formula is C16H25NO2. The highest BCUT2D eigenvalue weighted by Crippen LogP contribution is 2.20. The highest BCUT2D eigenvalue weighted by Gasteiger charge is 2.23. The van der Waals surface area contributed by atoms with Crippen molar-refractivity contribution >= 4 is 5.97 Å². The molecule has 0 saturated carbocycles. The number of nitrogens with two attached hydrogens (primary N) is 1. The van der Waals surface area contributed by atoms with Gasteiger partial charge in [0.05, 0.1) is 0 Å². The van der Waals surface area contributed by atoms with E-state index in [1.165, 1.54) is 5.56 Å². The summed E-state index contributed by atoms with van der Waals surface area (Å²) < 4.78 is 5.31. The van der Waals surface area contributed by atoms with Gasteiger partial charge in [-0.25, -0.2) is 0 Å². The third-order valence-corrected chi connectivity index (χ3v) is 2.83. The molecule has 3 heteroatoms. The van der Waals surface area contributed by atoms with Crippen LogP contribution < -0.4 is 5.73 Å². The number of benzene rings is 1. The molecular weight excluding hydrogens is 238 g/mol. The molecule has 0 unspecified atom stereocenters. The summed E-state index contributed by atoms with van der Waals surface area (Å²) >= 11 is 0. The molecule has 1 aromatic rings. The summed E-state index contributed by atoms with van der Waals surface area (Å²) in [7, 11) is 0. The van der Waals surface area contributed by atoms with Gasteiger partial charge in [0.15, 0.2) is 0 Å². The summed E-state index contributed by atoms with van der Waals surface area (Å²) in [6.07, 6.45) is 0.517. The summed E-state index contributed by atoms with van der Waals surface area (Å²) in [6, 6.07) is 7.49. The average Bonchev–Trinajstić information content (AvgIpc) is 2.27. The van der Waals surface area contributed by atoms with Gasteiger partial charge in [-0.3, -0.25) is 4.79 Å². The first-order valence-electron chi connectivity index (χ1n) is 6.77. The second-order valence-corrected chi connectivity index (χ2v) is 6.20. The van der Waals surface area contributed by atoms with Gasteiger partial charge in [-0.2, -0.15) is 0 Å². The van der Waals surface area contributed by atoms with Crippen molar-refractivity contribution in [2.75, 3.05) is 0 Å². The first-order chi connectivity index (χ1) is 8.70. The Morgan fingerprint density at radius 1 is 1.26 bits per heavy atom. The van der Waals surface area contributed by atoms with Gasteiger partial charge in [0.25, 0.3) is 0 Å². The van der Waals surface area contributed by atoms with Crippen LogP contribution in [0, 0.1) is 0 Å².